The van der Waals surface area contributed by atoms with Crippen LogP contribution in [0, 0.1) is 0 Å². The highest BCUT2D eigenvalue weighted by molar-refractivity contribution is 5.95. The molecule has 78 valence electrons. The second kappa shape index (κ2) is 4.16. The maximum atomic E-state index is 11.9. The number of piperidine rings is 1. The van der Waals surface area contributed by atoms with Crippen LogP contribution in [0.3, 0.4) is 0 Å². The maximum absolute atomic E-state index is 11.9. The molecule has 0 bridgehead atoms. The molecule has 0 unspecified atom stereocenters. The zero-order valence-electron chi connectivity index (χ0n) is 8.22. The Hall–Kier alpha value is -1.78. The highest BCUT2D eigenvalue weighted by Crippen LogP contribution is 2.09. The molecule has 1 saturated heterocycles. The highest BCUT2D eigenvalue weighted by atomic mass is 16.2. The van der Waals surface area contributed by atoms with E-state index in [0.29, 0.717) is 31.5 Å². The van der Waals surface area contributed by atoms with Crippen LogP contribution < -0.4 is 0 Å². The molecule has 1 fully saturated rings. The molecule has 15 heavy (non-hydrogen) atoms. The Kier molecular flexibility index (Phi) is 2.71. The van der Waals surface area contributed by atoms with Crippen molar-refractivity contribution >= 4 is 11.7 Å². The normalized spacial score (nSPS) is 16.5. The third-order valence-electron chi connectivity index (χ3n) is 2.44. The SMILES string of the molecule is O=C1CCN(C(=O)c2ccnnc2)CC1. The van der Waals surface area contributed by atoms with Gasteiger partial charge in [0.2, 0.25) is 0 Å². The topological polar surface area (TPSA) is 63.2 Å². The number of ketones is 1. The minimum Gasteiger partial charge on any atom is -0.338 e. The van der Waals surface area contributed by atoms with Gasteiger partial charge in [0.25, 0.3) is 5.91 Å². The molecule has 1 amide bonds. The molecule has 5 nitrogen and oxygen atoms in total. The quantitative estimate of drug-likeness (QED) is 0.660. The molecular formula is C10H11N3O2. The molecular weight excluding hydrogens is 194 g/mol. The van der Waals surface area contributed by atoms with E-state index in [1.165, 1.54) is 12.4 Å². The minimum atomic E-state index is -0.0719. The molecule has 0 aromatic carbocycles. The Morgan fingerprint density at radius 2 is 2.00 bits per heavy atom. The van der Waals surface area contributed by atoms with Crippen molar-refractivity contribution in [2.45, 2.75) is 12.8 Å². The number of carbonyl (C=O) groups excluding carboxylic acids is 2. The Balaban J connectivity index is 2.06. The largest absolute Gasteiger partial charge is 0.338 e. The summed E-state index contributed by atoms with van der Waals surface area (Å²) in [4.78, 5) is 24.5. The van der Waals surface area contributed by atoms with Crippen LogP contribution in [0.1, 0.15) is 23.2 Å². The van der Waals surface area contributed by atoms with Crippen molar-refractivity contribution in [3.8, 4) is 0 Å². The van der Waals surface area contributed by atoms with Crippen LogP contribution in [0.15, 0.2) is 18.5 Å². The Morgan fingerprint density at radius 3 is 2.60 bits per heavy atom. The van der Waals surface area contributed by atoms with Crippen LogP contribution in [0.2, 0.25) is 0 Å². The summed E-state index contributed by atoms with van der Waals surface area (Å²) in [6, 6.07) is 1.63. The number of likely N-dealkylation sites (tertiary alicyclic amines) is 1. The van der Waals surface area contributed by atoms with E-state index in [4.69, 9.17) is 0 Å². The fourth-order valence-corrected chi connectivity index (χ4v) is 1.56. The lowest BCUT2D eigenvalue weighted by atomic mass is 10.1. The minimum absolute atomic E-state index is 0.0719. The van der Waals surface area contributed by atoms with Gasteiger partial charge in [-0.05, 0) is 6.07 Å². The van der Waals surface area contributed by atoms with Gasteiger partial charge in [0.1, 0.15) is 5.78 Å². The number of nitrogens with zero attached hydrogens (tertiary/aromatic N) is 3. The van der Waals surface area contributed by atoms with Crippen molar-refractivity contribution in [3.63, 3.8) is 0 Å². The van der Waals surface area contributed by atoms with E-state index in [-0.39, 0.29) is 11.7 Å². The van der Waals surface area contributed by atoms with Crippen LogP contribution in [0.5, 0.6) is 0 Å². The zero-order valence-corrected chi connectivity index (χ0v) is 8.22. The number of amides is 1. The highest BCUT2D eigenvalue weighted by Gasteiger charge is 2.21. The van der Waals surface area contributed by atoms with E-state index in [0.717, 1.165) is 0 Å². The molecule has 1 aromatic rings. The van der Waals surface area contributed by atoms with Crippen LogP contribution >= 0.6 is 0 Å². The number of hydrogen-bond acceptors (Lipinski definition) is 4. The van der Waals surface area contributed by atoms with E-state index in [2.05, 4.69) is 10.2 Å². The van der Waals surface area contributed by atoms with Gasteiger partial charge in [-0.2, -0.15) is 10.2 Å². The molecule has 1 aliphatic heterocycles. The summed E-state index contributed by atoms with van der Waals surface area (Å²) in [7, 11) is 0. The summed E-state index contributed by atoms with van der Waals surface area (Å²) < 4.78 is 0. The van der Waals surface area contributed by atoms with Gasteiger partial charge in [0, 0.05) is 25.9 Å². The van der Waals surface area contributed by atoms with Crippen molar-refractivity contribution in [2.75, 3.05) is 13.1 Å². The van der Waals surface area contributed by atoms with Crippen LogP contribution in [-0.2, 0) is 4.79 Å². The Bertz CT molecular complexity index is 368. The number of hydrogen-bond donors (Lipinski definition) is 0. The van der Waals surface area contributed by atoms with Gasteiger partial charge >= 0.3 is 0 Å². The number of aromatic nitrogens is 2. The zero-order chi connectivity index (χ0) is 10.7. The second-order valence-corrected chi connectivity index (χ2v) is 3.46. The standard InChI is InChI=1S/C10H11N3O2/c14-9-2-5-13(6-3-9)10(15)8-1-4-11-12-7-8/h1,4,7H,2-3,5-6H2. The molecule has 0 atom stereocenters. The molecule has 0 spiro atoms. The van der Waals surface area contributed by atoms with Crippen molar-refractivity contribution in [1.29, 1.82) is 0 Å². The first-order valence-electron chi connectivity index (χ1n) is 4.85. The molecule has 2 heterocycles. The molecule has 0 radical (unpaired) electrons. The van der Waals surface area contributed by atoms with Gasteiger partial charge in [-0.15, -0.1) is 0 Å². The molecule has 1 aliphatic rings. The second-order valence-electron chi connectivity index (χ2n) is 3.46. The average molecular weight is 205 g/mol. The van der Waals surface area contributed by atoms with E-state index < -0.39 is 0 Å². The summed E-state index contributed by atoms with van der Waals surface area (Å²) in [6.45, 7) is 1.03. The lowest BCUT2D eigenvalue weighted by Crippen LogP contribution is -2.38. The first-order valence-corrected chi connectivity index (χ1v) is 4.85. The summed E-state index contributed by atoms with van der Waals surface area (Å²) >= 11 is 0. The summed E-state index contributed by atoms with van der Waals surface area (Å²) in [5.74, 6) is 0.157. The van der Waals surface area contributed by atoms with E-state index in [1.54, 1.807) is 11.0 Å². The van der Waals surface area contributed by atoms with E-state index in [9.17, 15) is 9.59 Å². The van der Waals surface area contributed by atoms with Crippen LogP contribution in [-0.4, -0.2) is 39.9 Å². The third-order valence-corrected chi connectivity index (χ3v) is 2.44. The van der Waals surface area contributed by atoms with Crippen LogP contribution in [0.4, 0.5) is 0 Å². The number of Topliss-reactive ketones (excluding diaryl/α,β-unsaturated/α-hetero) is 1. The molecule has 0 aliphatic carbocycles. The van der Waals surface area contributed by atoms with Gasteiger partial charge in [0.15, 0.2) is 0 Å². The lowest BCUT2D eigenvalue weighted by molar-refractivity contribution is -0.120. The van der Waals surface area contributed by atoms with Gasteiger partial charge < -0.3 is 4.90 Å². The molecule has 0 N–H and O–H groups in total. The predicted octanol–water partition coefficient (Wildman–Crippen LogP) is 0.282. The average Bonchev–Trinajstić information content (AvgIpc) is 2.30. The van der Waals surface area contributed by atoms with E-state index >= 15 is 0 Å². The first-order chi connectivity index (χ1) is 7.27. The van der Waals surface area contributed by atoms with Crippen molar-refractivity contribution in [3.05, 3.63) is 24.0 Å². The lowest BCUT2D eigenvalue weighted by Gasteiger charge is -2.25. The molecule has 2 rings (SSSR count). The molecule has 5 heteroatoms. The van der Waals surface area contributed by atoms with E-state index in [1.807, 2.05) is 0 Å². The van der Waals surface area contributed by atoms with Crippen LogP contribution in [0.25, 0.3) is 0 Å². The third kappa shape index (κ3) is 2.18. The summed E-state index contributed by atoms with van der Waals surface area (Å²) in [5.41, 5.74) is 0.527. The fraction of sp³-hybridized carbons (Fsp3) is 0.400. The maximum Gasteiger partial charge on any atom is 0.255 e. The summed E-state index contributed by atoms with van der Waals surface area (Å²) in [6.07, 6.45) is 3.86. The van der Waals surface area contributed by atoms with Gasteiger partial charge in [-0.25, -0.2) is 0 Å². The van der Waals surface area contributed by atoms with Gasteiger partial charge in [-0.3, -0.25) is 9.59 Å². The van der Waals surface area contributed by atoms with Gasteiger partial charge in [0.05, 0.1) is 18.0 Å². The fourth-order valence-electron chi connectivity index (χ4n) is 1.56. The van der Waals surface area contributed by atoms with Crippen molar-refractivity contribution in [2.24, 2.45) is 0 Å². The molecule has 0 saturated carbocycles. The van der Waals surface area contributed by atoms with Crippen molar-refractivity contribution < 1.29 is 9.59 Å². The Morgan fingerprint density at radius 1 is 1.27 bits per heavy atom. The van der Waals surface area contributed by atoms with Crippen molar-refractivity contribution in [1.82, 2.24) is 15.1 Å². The first kappa shape index (κ1) is 9.76. The summed E-state index contributed by atoms with van der Waals surface area (Å²) in [5, 5.41) is 7.26. The molecule has 1 aromatic heterocycles. The Labute approximate surface area is 87.1 Å². The number of carbonyl (C=O) groups is 2. The predicted molar refractivity (Wildman–Crippen MR) is 52.2 cm³/mol. The monoisotopic (exact) mass is 205 g/mol. The smallest absolute Gasteiger partial charge is 0.255 e. The number of rotatable bonds is 1. The van der Waals surface area contributed by atoms with Gasteiger partial charge in [-0.1, -0.05) is 0 Å².